The van der Waals surface area contributed by atoms with E-state index in [9.17, 15) is 4.79 Å². The lowest BCUT2D eigenvalue weighted by molar-refractivity contribution is -0.119. The number of benzene rings is 1. The monoisotopic (exact) mass is 430 g/mol. The third-order valence-corrected chi connectivity index (χ3v) is 6.66. The smallest absolute Gasteiger partial charge is 0.230 e. The number of carbonyl (C=O) groups excluding carboxylic acids is 1. The predicted octanol–water partition coefficient (Wildman–Crippen LogP) is 5.01. The largest absolute Gasteiger partial charge is 0.483 e. The maximum atomic E-state index is 12.4. The number of amides is 1. The van der Waals surface area contributed by atoms with Gasteiger partial charge in [0, 0.05) is 13.1 Å². The molecule has 30 heavy (non-hydrogen) atoms. The van der Waals surface area contributed by atoms with E-state index in [1.54, 1.807) is 0 Å². The van der Waals surface area contributed by atoms with Crippen LogP contribution in [-0.4, -0.2) is 32.5 Å². The summed E-state index contributed by atoms with van der Waals surface area (Å²) in [6.07, 6.45) is 6.94. The second-order valence-corrected chi connectivity index (χ2v) is 9.37. The van der Waals surface area contributed by atoms with Crippen molar-refractivity contribution >= 4 is 17.7 Å². The minimum atomic E-state index is -0.235. The number of nitrogens with zero attached hydrogens (tertiary/aromatic N) is 3. The molecule has 0 saturated heterocycles. The van der Waals surface area contributed by atoms with Gasteiger partial charge in [0.1, 0.15) is 5.75 Å². The molecule has 1 aliphatic rings. The van der Waals surface area contributed by atoms with Crippen molar-refractivity contribution in [3.8, 4) is 5.75 Å². The molecule has 1 N–H and O–H groups in total. The number of carbonyl (C=O) groups is 1. The molecule has 0 spiro atoms. The van der Waals surface area contributed by atoms with Crippen molar-refractivity contribution < 1.29 is 9.53 Å². The highest BCUT2D eigenvalue weighted by atomic mass is 32.2. The normalized spacial score (nSPS) is 16.3. The molecule has 1 aliphatic carbocycles. The average Bonchev–Trinajstić information content (AvgIpc) is 2.91. The summed E-state index contributed by atoms with van der Waals surface area (Å²) in [6.45, 7) is 6.32. The van der Waals surface area contributed by atoms with E-state index in [0.29, 0.717) is 17.7 Å². The zero-order valence-corrected chi connectivity index (χ0v) is 19.4. The van der Waals surface area contributed by atoms with E-state index in [0.717, 1.165) is 29.6 Å². The van der Waals surface area contributed by atoms with Gasteiger partial charge in [-0.2, -0.15) is 0 Å². The third-order valence-electron chi connectivity index (χ3n) is 5.64. The Morgan fingerprint density at radius 3 is 2.43 bits per heavy atom. The number of aromatic nitrogens is 3. The van der Waals surface area contributed by atoms with E-state index in [2.05, 4.69) is 41.5 Å². The predicted molar refractivity (Wildman–Crippen MR) is 121 cm³/mol. The Hall–Kier alpha value is -2.02. The summed E-state index contributed by atoms with van der Waals surface area (Å²) in [5.74, 6) is 2.48. The first-order valence-corrected chi connectivity index (χ1v) is 12.0. The fourth-order valence-electron chi connectivity index (χ4n) is 3.82. The third kappa shape index (κ3) is 6.24. The van der Waals surface area contributed by atoms with Gasteiger partial charge in [0.05, 0.1) is 5.75 Å². The van der Waals surface area contributed by atoms with Crippen LogP contribution in [0.5, 0.6) is 5.75 Å². The summed E-state index contributed by atoms with van der Waals surface area (Å²) in [5.41, 5.74) is 1.29. The number of nitrogens with one attached hydrogen (secondary N) is 1. The van der Waals surface area contributed by atoms with Gasteiger partial charge < -0.3 is 14.6 Å². The Bertz CT molecular complexity index is 811. The first-order valence-electron chi connectivity index (χ1n) is 11.0. The standard InChI is InChI=1S/C23H34N4O2S/c1-16(2)18-11-13-20(14-12-18)29-17(3)22-25-26-23(27(22)4)30-15-21(28)24-19-9-7-5-6-8-10-19/h11-14,16-17,19H,5-10,15H2,1-4H3,(H,24,28). The van der Waals surface area contributed by atoms with Crippen LogP contribution in [0.2, 0.25) is 0 Å². The molecule has 0 bridgehead atoms. The lowest BCUT2D eigenvalue weighted by Gasteiger charge is -2.16. The van der Waals surface area contributed by atoms with E-state index in [-0.39, 0.29) is 12.0 Å². The molecule has 1 aromatic heterocycles. The summed E-state index contributed by atoms with van der Waals surface area (Å²) in [6, 6.07) is 8.51. The molecule has 1 heterocycles. The molecule has 0 radical (unpaired) electrons. The summed E-state index contributed by atoms with van der Waals surface area (Å²) in [4.78, 5) is 12.4. The molecular formula is C23H34N4O2S. The molecule has 6 nitrogen and oxygen atoms in total. The van der Waals surface area contributed by atoms with Gasteiger partial charge in [-0.1, -0.05) is 63.4 Å². The summed E-state index contributed by atoms with van der Waals surface area (Å²) < 4.78 is 7.97. The van der Waals surface area contributed by atoms with Crippen LogP contribution in [-0.2, 0) is 11.8 Å². The number of hydrogen-bond acceptors (Lipinski definition) is 5. The van der Waals surface area contributed by atoms with Crippen LogP contribution in [0.4, 0.5) is 0 Å². The van der Waals surface area contributed by atoms with Gasteiger partial charge in [-0.25, -0.2) is 0 Å². The minimum absolute atomic E-state index is 0.0750. The van der Waals surface area contributed by atoms with Crippen molar-refractivity contribution in [2.75, 3.05) is 5.75 Å². The Balaban J connectivity index is 1.52. The first kappa shape index (κ1) is 22.7. The average molecular weight is 431 g/mol. The minimum Gasteiger partial charge on any atom is -0.483 e. The summed E-state index contributed by atoms with van der Waals surface area (Å²) in [7, 11) is 1.92. The molecule has 0 aliphatic heterocycles. The maximum absolute atomic E-state index is 12.4. The van der Waals surface area contributed by atoms with Crippen LogP contribution in [0, 0.1) is 0 Å². The van der Waals surface area contributed by atoms with Crippen LogP contribution in [0.1, 0.15) is 82.7 Å². The Morgan fingerprint density at radius 1 is 1.13 bits per heavy atom. The van der Waals surface area contributed by atoms with Gasteiger partial charge >= 0.3 is 0 Å². The van der Waals surface area contributed by atoms with Gasteiger partial charge in [-0.3, -0.25) is 4.79 Å². The van der Waals surface area contributed by atoms with E-state index in [1.807, 2.05) is 30.7 Å². The molecule has 2 aromatic rings. The molecule has 1 atom stereocenters. The second kappa shape index (κ2) is 10.8. The zero-order chi connectivity index (χ0) is 21.5. The molecule has 1 fully saturated rings. The van der Waals surface area contributed by atoms with Crippen LogP contribution >= 0.6 is 11.8 Å². The molecule has 3 rings (SSSR count). The molecule has 1 saturated carbocycles. The highest BCUT2D eigenvalue weighted by Gasteiger charge is 2.19. The van der Waals surface area contributed by atoms with Crippen LogP contribution in [0.15, 0.2) is 29.4 Å². The summed E-state index contributed by atoms with van der Waals surface area (Å²) in [5, 5.41) is 12.5. The van der Waals surface area contributed by atoms with Crippen molar-refractivity contribution in [2.45, 2.75) is 82.5 Å². The van der Waals surface area contributed by atoms with E-state index < -0.39 is 0 Å². The zero-order valence-electron chi connectivity index (χ0n) is 18.6. The van der Waals surface area contributed by atoms with Crippen LogP contribution < -0.4 is 10.1 Å². The quantitative estimate of drug-likeness (QED) is 0.471. The molecule has 1 amide bonds. The lowest BCUT2D eigenvalue weighted by atomic mass is 10.0. The second-order valence-electron chi connectivity index (χ2n) is 8.43. The van der Waals surface area contributed by atoms with Crippen molar-refractivity contribution in [2.24, 2.45) is 7.05 Å². The Labute approximate surface area is 184 Å². The molecule has 164 valence electrons. The van der Waals surface area contributed by atoms with Crippen LogP contribution in [0.25, 0.3) is 0 Å². The van der Waals surface area contributed by atoms with Crippen molar-refractivity contribution in [1.82, 2.24) is 20.1 Å². The number of rotatable bonds is 8. The van der Waals surface area contributed by atoms with Crippen molar-refractivity contribution in [3.05, 3.63) is 35.7 Å². The lowest BCUT2D eigenvalue weighted by Crippen LogP contribution is -2.35. The van der Waals surface area contributed by atoms with E-state index in [1.165, 1.54) is 43.0 Å². The fourth-order valence-corrected chi connectivity index (χ4v) is 4.55. The number of hydrogen-bond donors (Lipinski definition) is 1. The van der Waals surface area contributed by atoms with Crippen LogP contribution in [0.3, 0.4) is 0 Å². The van der Waals surface area contributed by atoms with Gasteiger partial charge in [0.15, 0.2) is 17.1 Å². The fraction of sp³-hybridized carbons (Fsp3) is 0.609. The number of thioether (sulfide) groups is 1. The topological polar surface area (TPSA) is 69.0 Å². The Morgan fingerprint density at radius 2 is 1.80 bits per heavy atom. The highest BCUT2D eigenvalue weighted by molar-refractivity contribution is 7.99. The molecule has 7 heteroatoms. The van der Waals surface area contributed by atoms with E-state index >= 15 is 0 Å². The first-order chi connectivity index (χ1) is 14.4. The molecule has 1 aromatic carbocycles. The maximum Gasteiger partial charge on any atom is 0.230 e. The highest BCUT2D eigenvalue weighted by Crippen LogP contribution is 2.25. The molecular weight excluding hydrogens is 396 g/mol. The van der Waals surface area contributed by atoms with Gasteiger partial charge in [-0.15, -0.1) is 10.2 Å². The number of ether oxygens (including phenoxy) is 1. The van der Waals surface area contributed by atoms with Gasteiger partial charge in [0.25, 0.3) is 0 Å². The molecule has 1 unspecified atom stereocenters. The van der Waals surface area contributed by atoms with E-state index in [4.69, 9.17) is 4.74 Å². The van der Waals surface area contributed by atoms with Crippen molar-refractivity contribution in [3.63, 3.8) is 0 Å². The Kier molecular flexibility index (Phi) is 8.19. The van der Waals surface area contributed by atoms with Gasteiger partial charge in [-0.05, 0) is 43.4 Å². The SMILES string of the molecule is CC(C)c1ccc(OC(C)c2nnc(SCC(=O)NC3CCCCCC3)n2C)cc1. The van der Waals surface area contributed by atoms with Gasteiger partial charge in [0.2, 0.25) is 5.91 Å². The van der Waals surface area contributed by atoms with Crippen molar-refractivity contribution in [1.29, 1.82) is 0 Å². The summed E-state index contributed by atoms with van der Waals surface area (Å²) >= 11 is 1.42.